The van der Waals surface area contributed by atoms with Crippen LogP contribution in [0, 0.1) is 0 Å². The molecule has 0 aliphatic carbocycles. The second-order valence-corrected chi connectivity index (χ2v) is 3.86. The van der Waals surface area contributed by atoms with Crippen LogP contribution >= 0.6 is 0 Å². The SMILES string of the molecule is CCOc1cccc(NCCCCCO)c1N. The van der Waals surface area contributed by atoms with Crippen molar-refractivity contribution in [2.24, 2.45) is 0 Å². The molecule has 1 aromatic rings. The fourth-order valence-corrected chi connectivity index (χ4v) is 1.62. The molecule has 4 nitrogen and oxygen atoms in total. The van der Waals surface area contributed by atoms with E-state index in [0.717, 1.165) is 37.2 Å². The molecular formula is C13H22N2O2. The van der Waals surface area contributed by atoms with E-state index in [-0.39, 0.29) is 6.61 Å². The van der Waals surface area contributed by atoms with Crippen molar-refractivity contribution in [2.75, 3.05) is 30.8 Å². The summed E-state index contributed by atoms with van der Waals surface area (Å²) in [5, 5.41) is 11.9. The van der Waals surface area contributed by atoms with Gasteiger partial charge < -0.3 is 20.9 Å². The van der Waals surface area contributed by atoms with Crippen molar-refractivity contribution in [1.82, 2.24) is 0 Å². The first-order valence-electron chi connectivity index (χ1n) is 6.15. The van der Waals surface area contributed by atoms with Gasteiger partial charge in [-0.05, 0) is 38.3 Å². The molecule has 0 saturated carbocycles. The molecule has 0 aliphatic rings. The van der Waals surface area contributed by atoms with Crippen LogP contribution in [0.15, 0.2) is 18.2 Å². The summed E-state index contributed by atoms with van der Waals surface area (Å²) >= 11 is 0. The third-order valence-corrected chi connectivity index (χ3v) is 2.52. The number of ether oxygens (including phenoxy) is 1. The van der Waals surface area contributed by atoms with E-state index in [1.54, 1.807) is 0 Å². The molecule has 0 spiro atoms. The number of unbranched alkanes of at least 4 members (excludes halogenated alkanes) is 2. The highest BCUT2D eigenvalue weighted by Crippen LogP contribution is 2.29. The Morgan fingerprint density at radius 3 is 2.82 bits per heavy atom. The van der Waals surface area contributed by atoms with E-state index < -0.39 is 0 Å². The van der Waals surface area contributed by atoms with Gasteiger partial charge in [-0.15, -0.1) is 0 Å². The van der Waals surface area contributed by atoms with Crippen LogP contribution in [0.5, 0.6) is 5.75 Å². The molecule has 0 saturated heterocycles. The fraction of sp³-hybridized carbons (Fsp3) is 0.538. The molecule has 0 aliphatic heterocycles. The van der Waals surface area contributed by atoms with Gasteiger partial charge in [-0.2, -0.15) is 0 Å². The quantitative estimate of drug-likeness (QED) is 0.480. The van der Waals surface area contributed by atoms with Crippen LogP contribution in [-0.2, 0) is 0 Å². The first-order chi connectivity index (χ1) is 8.29. The van der Waals surface area contributed by atoms with Crippen LogP contribution in [0.1, 0.15) is 26.2 Å². The molecule has 0 heterocycles. The Balaban J connectivity index is 2.44. The van der Waals surface area contributed by atoms with Crippen LogP contribution in [0.3, 0.4) is 0 Å². The maximum atomic E-state index is 8.67. The normalized spacial score (nSPS) is 10.2. The molecule has 1 rings (SSSR count). The van der Waals surface area contributed by atoms with Crippen LogP contribution in [0.2, 0.25) is 0 Å². The van der Waals surface area contributed by atoms with Gasteiger partial charge in [0.05, 0.1) is 18.0 Å². The Hall–Kier alpha value is -1.42. The zero-order valence-corrected chi connectivity index (χ0v) is 10.4. The lowest BCUT2D eigenvalue weighted by Crippen LogP contribution is -2.06. The van der Waals surface area contributed by atoms with Gasteiger partial charge in [0.25, 0.3) is 0 Å². The number of nitrogen functional groups attached to an aromatic ring is 1. The van der Waals surface area contributed by atoms with Gasteiger partial charge in [-0.25, -0.2) is 0 Å². The van der Waals surface area contributed by atoms with Crippen molar-refractivity contribution >= 4 is 11.4 Å². The average Bonchev–Trinajstić information content (AvgIpc) is 2.33. The van der Waals surface area contributed by atoms with E-state index in [1.165, 1.54) is 0 Å². The molecule has 96 valence electrons. The number of hydrogen-bond donors (Lipinski definition) is 3. The number of rotatable bonds is 8. The predicted molar refractivity (Wildman–Crippen MR) is 71.4 cm³/mol. The van der Waals surface area contributed by atoms with Crippen LogP contribution in [0.25, 0.3) is 0 Å². The average molecular weight is 238 g/mol. The maximum Gasteiger partial charge on any atom is 0.144 e. The summed E-state index contributed by atoms with van der Waals surface area (Å²) in [6.07, 6.45) is 2.91. The van der Waals surface area contributed by atoms with Gasteiger partial charge in [0, 0.05) is 13.2 Å². The third-order valence-electron chi connectivity index (χ3n) is 2.52. The van der Waals surface area contributed by atoms with Crippen LogP contribution < -0.4 is 15.8 Å². The van der Waals surface area contributed by atoms with Crippen LogP contribution in [0.4, 0.5) is 11.4 Å². The van der Waals surface area contributed by atoms with Crippen LogP contribution in [-0.4, -0.2) is 24.9 Å². The Bertz CT molecular complexity index is 329. The van der Waals surface area contributed by atoms with E-state index in [9.17, 15) is 0 Å². The predicted octanol–water partition coefficient (Wildman–Crippen LogP) is 2.24. The minimum absolute atomic E-state index is 0.266. The lowest BCUT2D eigenvalue weighted by molar-refractivity contribution is 0.283. The first kappa shape index (κ1) is 13.6. The van der Waals surface area contributed by atoms with E-state index in [1.807, 2.05) is 25.1 Å². The summed E-state index contributed by atoms with van der Waals surface area (Å²) in [4.78, 5) is 0. The highest BCUT2D eigenvalue weighted by Gasteiger charge is 2.04. The number of aliphatic hydroxyl groups is 1. The second-order valence-electron chi connectivity index (χ2n) is 3.86. The maximum absolute atomic E-state index is 8.67. The minimum Gasteiger partial charge on any atom is -0.492 e. The van der Waals surface area contributed by atoms with Gasteiger partial charge in [0.15, 0.2) is 0 Å². The minimum atomic E-state index is 0.266. The molecule has 0 bridgehead atoms. The number of aliphatic hydroxyl groups excluding tert-OH is 1. The second kappa shape index (κ2) is 7.79. The molecule has 0 unspecified atom stereocenters. The summed E-state index contributed by atoms with van der Waals surface area (Å²) in [6.45, 7) is 3.68. The smallest absolute Gasteiger partial charge is 0.144 e. The number of para-hydroxylation sites is 1. The molecule has 0 amide bonds. The van der Waals surface area contributed by atoms with E-state index in [2.05, 4.69) is 5.32 Å². The third kappa shape index (κ3) is 4.53. The number of anilines is 2. The van der Waals surface area contributed by atoms with Crippen molar-refractivity contribution < 1.29 is 9.84 Å². The van der Waals surface area contributed by atoms with Crippen molar-refractivity contribution in [2.45, 2.75) is 26.2 Å². The first-order valence-corrected chi connectivity index (χ1v) is 6.15. The summed E-state index contributed by atoms with van der Waals surface area (Å²) in [5.74, 6) is 0.729. The number of nitrogens with one attached hydrogen (secondary N) is 1. The van der Waals surface area contributed by atoms with E-state index in [4.69, 9.17) is 15.6 Å². The zero-order valence-electron chi connectivity index (χ0n) is 10.4. The molecule has 0 radical (unpaired) electrons. The summed E-state index contributed by atoms with van der Waals surface area (Å²) < 4.78 is 5.42. The standard InChI is InChI=1S/C13H22N2O2/c1-2-17-12-8-6-7-11(13(12)14)15-9-4-3-5-10-16/h6-8,15-16H,2-5,9-10,14H2,1H3. The fourth-order valence-electron chi connectivity index (χ4n) is 1.62. The van der Waals surface area contributed by atoms with Gasteiger partial charge in [0.1, 0.15) is 5.75 Å². The molecule has 0 aromatic heterocycles. The molecule has 4 heteroatoms. The number of benzene rings is 1. The highest BCUT2D eigenvalue weighted by molar-refractivity contribution is 5.72. The van der Waals surface area contributed by atoms with Crippen molar-refractivity contribution in [1.29, 1.82) is 0 Å². The van der Waals surface area contributed by atoms with E-state index >= 15 is 0 Å². The molecule has 0 atom stereocenters. The summed E-state index contributed by atoms with van der Waals surface area (Å²) in [5.41, 5.74) is 7.56. The lowest BCUT2D eigenvalue weighted by atomic mass is 10.2. The van der Waals surface area contributed by atoms with Crippen molar-refractivity contribution in [3.05, 3.63) is 18.2 Å². The number of hydrogen-bond acceptors (Lipinski definition) is 4. The highest BCUT2D eigenvalue weighted by atomic mass is 16.5. The Kier molecular flexibility index (Phi) is 6.25. The molecule has 17 heavy (non-hydrogen) atoms. The Labute approximate surface area is 103 Å². The lowest BCUT2D eigenvalue weighted by Gasteiger charge is -2.12. The van der Waals surface area contributed by atoms with Gasteiger partial charge in [-0.1, -0.05) is 6.07 Å². The molecule has 4 N–H and O–H groups in total. The Morgan fingerprint density at radius 1 is 1.29 bits per heavy atom. The molecular weight excluding hydrogens is 216 g/mol. The largest absolute Gasteiger partial charge is 0.492 e. The zero-order chi connectivity index (χ0) is 12.5. The monoisotopic (exact) mass is 238 g/mol. The molecule has 0 fully saturated rings. The van der Waals surface area contributed by atoms with Crippen molar-refractivity contribution in [3.8, 4) is 5.75 Å². The van der Waals surface area contributed by atoms with Gasteiger partial charge >= 0.3 is 0 Å². The van der Waals surface area contributed by atoms with Crippen molar-refractivity contribution in [3.63, 3.8) is 0 Å². The Morgan fingerprint density at radius 2 is 2.12 bits per heavy atom. The summed E-state index contributed by atoms with van der Waals surface area (Å²) in [7, 11) is 0. The topological polar surface area (TPSA) is 67.5 Å². The van der Waals surface area contributed by atoms with E-state index in [0.29, 0.717) is 12.3 Å². The summed E-state index contributed by atoms with van der Waals surface area (Å²) in [6, 6.07) is 5.75. The van der Waals surface area contributed by atoms with Gasteiger partial charge in [0.2, 0.25) is 0 Å². The number of nitrogens with two attached hydrogens (primary N) is 1. The molecule has 1 aromatic carbocycles. The van der Waals surface area contributed by atoms with Gasteiger partial charge in [-0.3, -0.25) is 0 Å².